The van der Waals surface area contributed by atoms with Gasteiger partial charge in [-0.05, 0) is 55.7 Å². The molecule has 7 nitrogen and oxygen atoms in total. The molecule has 2 N–H and O–H groups in total. The van der Waals surface area contributed by atoms with Gasteiger partial charge in [-0.15, -0.1) is 0 Å². The molecule has 146 valence electrons. The fourth-order valence-corrected chi connectivity index (χ4v) is 4.48. The molecule has 2 amide bonds. The standard InChI is InChI=1S/C21H25N5O2/c27-19(4-3-17-6-8-23-25-17)26-12-21(13-26)7-5-18(21)24-20(28)16-9-15(10-22-11-16)14-1-2-14/h6,8-11,14,18H,1-5,7,12-13H2,(H,23,25)(H,24,28). The Hall–Kier alpha value is -2.70. The first kappa shape index (κ1) is 17.4. The molecule has 3 heterocycles. The lowest BCUT2D eigenvalue weighted by molar-refractivity contribution is -0.153. The van der Waals surface area contributed by atoms with Crippen LogP contribution in [0.25, 0.3) is 0 Å². The molecule has 2 aromatic heterocycles. The van der Waals surface area contributed by atoms with Crippen LogP contribution < -0.4 is 5.32 Å². The number of nitrogens with one attached hydrogen (secondary N) is 2. The fraction of sp³-hybridized carbons (Fsp3) is 0.524. The monoisotopic (exact) mass is 379 g/mol. The lowest BCUT2D eigenvalue weighted by Gasteiger charge is -2.60. The van der Waals surface area contributed by atoms with Crippen LogP contribution in [0.1, 0.15) is 59.6 Å². The van der Waals surface area contributed by atoms with Crippen LogP contribution in [0.5, 0.6) is 0 Å². The zero-order chi connectivity index (χ0) is 19.1. The number of amides is 2. The number of hydrogen-bond acceptors (Lipinski definition) is 4. The summed E-state index contributed by atoms with van der Waals surface area (Å²) in [4.78, 5) is 31.2. The van der Waals surface area contributed by atoms with Crippen molar-refractivity contribution in [2.75, 3.05) is 13.1 Å². The number of aromatic nitrogens is 3. The van der Waals surface area contributed by atoms with Crippen molar-refractivity contribution in [3.63, 3.8) is 0 Å². The molecule has 0 radical (unpaired) electrons. The van der Waals surface area contributed by atoms with Crippen LogP contribution in [0.2, 0.25) is 0 Å². The van der Waals surface area contributed by atoms with Gasteiger partial charge in [0, 0.05) is 55.3 Å². The Kier molecular flexibility index (Phi) is 4.18. The molecule has 1 atom stereocenters. The molecular formula is C21H25N5O2. The quantitative estimate of drug-likeness (QED) is 0.803. The molecule has 1 saturated heterocycles. The van der Waals surface area contributed by atoms with Crippen molar-refractivity contribution < 1.29 is 9.59 Å². The van der Waals surface area contributed by atoms with Crippen molar-refractivity contribution in [1.82, 2.24) is 25.4 Å². The maximum absolute atomic E-state index is 12.7. The summed E-state index contributed by atoms with van der Waals surface area (Å²) in [7, 11) is 0. The second-order valence-electron chi connectivity index (χ2n) is 8.54. The summed E-state index contributed by atoms with van der Waals surface area (Å²) in [5.41, 5.74) is 2.88. The molecule has 2 saturated carbocycles. The normalized spacial score (nSPS) is 22.4. The molecule has 2 aliphatic carbocycles. The van der Waals surface area contributed by atoms with Crippen LogP contribution in [0.15, 0.2) is 30.7 Å². The fourth-order valence-electron chi connectivity index (χ4n) is 4.48. The third kappa shape index (κ3) is 3.19. The van der Waals surface area contributed by atoms with Gasteiger partial charge in [-0.3, -0.25) is 19.7 Å². The highest BCUT2D eigenvalue weighted by molar-refractivity contribution is 5.94. The minimum atomic E-state index is -0.0388. The highest BCUT2D eigenvalue weighted by atomic mass is 16.2. The molecule has 0 bridgehead atoms. The zero-order valence-corrected chi connectivity index (χ0v) is 15.9. The van der Waals surface area contributed by atoms with Gasteiger partial charge in [-0.2, -0.15) is 5.10 Å². The Bertz CT molecular complexity index is 884. The Labute approximate surface area is 163 Å². The average molecular weight is 379 g/mol. The first-order chi connectivity index (χ1) is 13.6. The smallest absolute Gasteiger partial charge is 0.253 e. The Morgan fingerprint density at radius 2 is 2.11 bits per heavy atom. The highest BCUT2D eigenvalue weighted by Crippen LogP contribution is 2.48. The summed E-state index contributed by atoms with van der Waals surface area (Å²) >= 11 is 0. The third-order valence-electron chi connectivity index (χ3n) is 6.58. The van der Waals surface area contributed by atoms with Crippen molar-refractivity contribution in [3.05, 3.63) is 47.5 Å². The summed E-state index contributed by atoms with van der Waals surface area (Å²) in [5.74, 6) is 0.727. The van der Waals surface area contributed by atoms with E-state index in [0.29, 0.717) is 24.3 Å². The van der Waals surface area contributed by atoms with Crippen LogP contribution in [-0.2, 0) is 11.2 Å². The van der Waals surface area contributed by atoms with Crippen molar-refractivity contribution in [2.24, 2.45) is 5.41 Å². The summed E-state index contributed by atoms with van der Waals surface area (Å²) in [6, 6.07) is 4.04. The van der Waals surface area contributed by atoms with Crippen molar-refractivity contribution in [3.8, 4) is 0 Å². The van der Waals surface area contributed by atoms with E-state index in [1.54, 1.807) is 12.4 Å². The average Bonchev–Trinajstić information content (AvgIpc) is 3.38. The van der Waals surface area contributed by atoms with Gasteiger partial charge in [-0.25, -0.2) is 0 Å². The van der Waals surface area contributed by atoms with E-state index in [9.17, 15) is 9.59 Å². The lowest BCUT2D eigenvalue weighted by atomic mass is 9.59. The Morgan fingerprint density at radius 3 is 2.79 bits per heavy atom. The molecule has 1 aliphatic heterocycles. The van der Waals surface area contributed by atoms with Crippen LogP contribution in [-0.4, -0.2) is 51.0 Å². The number of carbonyl (C=O) groups excluding carboxylic acids is 2. The minimum Gasteiger partial charge on any atom is -0.349 e. The largest absolute Gasteiger partial charge is 0.349 e. The van der Waals surface area contributed by atoms with Gasteiger partial charge in [-0.1, -0.05) is 0 Å². The van der Waals surface area contributed by atoms with E-state index in [-0.39, 0.29) is 23.3 Å². The number of carbonyl (C=O) groups is 2. The van der Waals surface area contributed by atoms with E-state index < -0.39 is 0 Å². The molecule has 1 unspecified atom stereocenters. The molecular weight excluding hydrogens is 354 g/mol. The second-order valence-corrected chi connectivity index (χ2v) is 8.54. The molecule has 7 heteroatoms. The zero-order valence-electron chi connectivity index (χ0n) is 15.9. The first-order valence-corrected chi connectivity index (χ1v) is 10.1. The summed E-state index contributed by atoms with van der Waals surface area (Å²) < 4.78 is 0. The van der Waals surface area contributed by atoms with E-state index in [2.05, 4.69) is 20.5 Å². The van der Waals surface area contributed by atoms with E-state index >= 15 is 0 Å². The van der Waals surface area contributed by atoms with Crippen LogP contribution in [0.4, 0.5) is 0 Å². The van der Waals surface area contributed by atoms with Gasteiger partial charge in [0.1, 0.15) is 0 Å². The van der Waals surface area contributed by atoms with Crippen molar-refractivity contribution in [1.29, 1.82) is 0 Å². The van der Waals surface area contributed by atoms with Gasteiger partial charge in [0.05, 0.1) is 5.56 Å². The summed E-state index contributed by atoms with van der Waals surface area (Å²) in [6.45, 7) is 1.50. The molecule has 3 aliphatic rings. The van der Waals surface area contributed by atoms with Crippen molar-refractivity contribution in [2.45, 2.75) is 50.5 Å². The lowest BCUT2D eigenvalue weighted by Crippen LogP contribution is -2.71. The Balaban J connectivity index is 1.14. The minimum absolute atomic E-state index is 0.0388. The predicted octanol–water partition coefficient (Wildman–Crippen LogP) is 2.04. The SMILES string of the molecule is O=C(NC1CCC12CN(C(=O)CCc1ccn[nH]1)C2)c1cncc(C2CC2)c1. The molecule has 1 spiro atoms. The van der Waals surface area contributed by atoms with E-state index in [0.717, 1.165) is 31.6 Å². The van der Waals surface area contributed by atoms with Crippen LogP contribution in [0.3, 0.4) is 0 Å². The van der Waals surface area contributed by atoms with Crippen molar-refractivity contribution >= 4 is 11.8 Å². The van der Waals surface area contributed by atoms with Gasteiger partial charge in [0.2, 0.25) is 5.91 Å². The first-order valence-electron chi connectivity index (χ1n) is 10.1. The second kappa shape index (κ2) is 6.72. The van der Waals surface area contributed by atoms with Crippen LogP contribution >= 0.6 is 0 Å². The van der Waals surface area contributed by atoms with Gasteiger partial charge >= 0.3 is 0 Å². The topological polar surface area (TPSA) is 91.0 Å². The number of aryl methyl sites for hydroxylation is 1. The highest BCUT2D eigenvalue weighted by Gasteiger charge is 2.56. The van der Waals surface area contributed by atoms with E-state index in [1.165, 1.54) is 18.4 Å². The molecule has 5 rings (SSSR count). The van der Waals surface area contributed by atoms with Gasteiger partial charge in [0.15, 0.2) is 0 Å². The number of likely N-dealkylation sites (tertiary alicyclic amines) is 1. The molecule has 28 heavy (non-hydrogen) atoms. The van der Waals surface area contributed by atoms with Gasteiger partial charge in [0.25, 0.3) is 5.91 Å². The molecule has 2 aromatic rings. The van der Waals surface area contributed by atoms with Crippen LogP contribution in [0, 0.1) is 5.41 Å². The number of pyridine rings is 1. The number of nitrogens with zero attached hydrogens (tertiary/aromatic N) is 3. The number of aromatic amines is 1. The molecule has 3 fully saturated rings. The molecule has 0 aromatic carbocycles. The summed E-state index contributed by atoms with van der Waals surface area (Å²) in [6.07, 6.45) is 10.9. The predicted molar refractivity (Wildman–Crippen MR) is 103 cm³/mol. The maximum atomic E-state index is 12.7. The van der Waals surface area contributed by atoms with E-state index in [1.807, 2.05) is 23.2 Å². The summed E-state index contributed by atoms with van der Waals surface area (Å²) in [5, 5.41) is 10.00. The number of rotatable bonds is 6. The van der Waals surface area contributed by atoms with E-state index in [4.69, 9.17) is 0 Å². The maximum Gasteiger partial charge on any atom is 0.253 e. The number of H-pyrrole nitrogens is 1. The Morgan fingerprint density at radius 1 is 1.25 bits per heavy atom. The number of hydrogen-bond donors (Lipinski definition) is 2. The van der Waals surface area contributed by atoms with Gasteiger partial charge < -0.3 is 10.2 Å². The third-order valence-corrected chi connectivity index (χ3v) is 6.58.